The summed E-state index contributed by atoms with van der Waals surface area (Å²) in [5.74, 6) is 0.668. The zero-order valence-electron chi connectivity index (χ0n) is 10.9. The largest absolute Gasteiger partial charge is 0.443 e. The second kappa shape index (κ2) is 5.53. The SMILES string of the molecule is C=CCc1cc(-c2ccccc2)c(-c2cnco2)[c]n1. The van der Waals surface area contributed by atoms with E-state index in [0.29, 0.717) is 12.2 Å². The molecule has 0 amide bonds. The third-order valence-corrected chi connectivity index (χ3v) is 3.01. The Hall–Kier alpha value is -2.68. The van der Waals surface area contributed by atoms with Gasteiger partial charge in [0.15, 0.2) is 12.2 Å². The summed E-state index contributed by atoms with van der Waals surface area (Å²) in [5, 5.41) is 0. The number of benzene rings is 1. The van der Waals surface area contributed by atoms with Crippen LogP contribution < -0.4 is 0 Å². The molecule has 3 heteroatoms. The smallest absolute Gasteiger partial charge is 0.181 e. The predicted molar refractivity (Wildman–Crippen MR) is 77.9 cm³/mol. The van der Waals surface area contributed by atoms with Crippen molar-refractivity contribution in [2.24, 2.45) is 0 Å². The monoisotopic (exact) mass is 261 g/mol. The second-order valence-electron chi connectivity index (χ2n) is 4.37. The van der Waals surface area contributed by atoms with Crippen molar-refractivity contribution in [3.63, 3.8) is 0 Å². The lowest BCUT2D eigenvalue weighted by Crippen LogP contribution is -1.92. The third-order valence-electron chi connectivity index (χ3n) is 3.01. The number of nitrogens with zero attached hydrogens (tertiary/aromatic N) is 2. The van der Waals surface area contributed by atoms with Gasteiger partial charge in [-0.2, -0.15) is 0 Å². The van der Waals surface area contributed by atoms with Gasteiger partial charge in [-0.15, -0.1) is 6.58 Å². The number of aromatic nitrogens is 2. The Kier molecular flexibility index (Phi) is 3.42. The highest BCUT2D eigenvalue weighted by Crippen LogP contribution is 2.31. The van der Waals surface area contributed by atoms with E-state index in [1.54, 1.807) is 6.20 Å². The molecule has 2 heterocycles. The standard InChI is InChI=1S/C17H13N2O/c1-2-6-14-9-15(13-7-4-3-5-8-13)16(10-19-14)17-11-18-12-20-17/h2-5,7-9,11-12H,1,6H2. The van der Waals surface area contributed by atoms with Gasteiger partial charge in [0.1, 0.15) is 6.20 Å². The molecule has 20 heavy (non-hydrogen) atoms. The molecule has 97 valence electrons. The van der Waals surface area contributed by atoms with Gasteiger partial charge in [0.05, 0.1) is 11.8 Å². The summed E-state index contributed by atoms with van der Waals surface area (Å²) in [5.41, 5.74) is 3.89. The van der Waals surface area contributed by atoms with Gasteiger partial charge in [0.2, 0.25) is 0 Å². The molecular formula is C17H13N2O. The fraction of sp³-hybridized carbons (Fsp3) is 0.0588. The van der Waals surface area contributed by atoms with Gasteiger partial charge in [-0.05, 0) is 17.2 Å². The molecule has 3 rings (SSSR count). The summed E-state index contributed by atoms with van der Waals surface area (Å²) in [6.07, 6.45) is 8.69. The Morgan fingerprint density at radius 1 is 1.25 bits per heavy atom. The van der Waals surface area contributed by atoms with Gasteiger partial charge < -0.3 is 4.42 Å². The van der Waals surface area contributed by atoms with Crippen molar-refractivity contribution in [1.29, 1.82) is 0 Å². The third kappa shape index (κ3) is 2.38. The van der Waals surface area contributed by atoms with Crippen LogP contribution in [-0.4, -0.2) is 9.97 Å². The summed E-state index contributed by atoms with van der Waals surface area (Å²) < 4.78 is 5.38. The molecule has 0 fully saturated rings. The minimum absolute atomic E-state index is 0.668. The van der Waals surface area contributed by atoms with E-state index in [9.17, 15) is 0 Å². The maximum Gasteiger partial charge on any atom is 0.181 e. The van der Waals surface area contributed by atoms with E-state index >= 15 is 0 Å². The van der Waals surface area contributed by atoms with Crippen LogP contribution in [0, 0.1) is 6.20 Å². The summed E-state index contributed by atoms with van der Waals surface area (Å²) in [7, 11) is 0. The molecule has 1 aromatic carbocycles. The van der Waals surface area contributed by atoms with Crippen molar-refractivity contribution in [2.45, 2.75) is 6.42 Å². The highest BCUT2D eigenvalue weighted by atomic mass is 16.3. The van der Waals surface area contributed by atoms with Crippen molar-refractivity contribution in [3.8, 4) is 22.5 Å². The highest BCUT2D eigenvalue weighted by molar-refractivity contribution is 5.80. The molecule has 1 radical (unpaired) electrons. The Morgan fingerprint density at radius 2 is 2.10 bits per heavy atom. The maximum atomic E-state index is 5.38. The van der Waals surface area contributed by atoms with E-state index in [4.69, 9.17) is 4.42 Å². The Bertz CT molecular complexity index is 703. The molecule has 0 aliphatic carbocycles. The van der Waals surface area contributed by atoms with E-state index in [1.165, 1.54) is 6.39 Å². The minimum atomic E-state index is 0.668. The Labute approximate surface area is 117 Å². The van der Waals surface area contributed by atoms with Gasteiger partial charge >= 0.3 is 0 Å². The first-order valence-corrected chi connectivity index (χ1v) is 6.35. The predicted octanol–water partition coefficient (Wildman–Crippen LogP) is 3.93. The van der Waals surface area contributed by atoms with Crippen molar-refractivity contribution >= 4 is 0 Å². The number of allylic oxidation sites excluding steroid dienone is 1. The van der Waals surface area contributed by atoms with Crippen LogP contribution in [0.4, 0.5) is 0 Å². The molecule has 0 atom stereocenters. The van der Waals surface area contributed by atoms with E-state index in [1.807, 2.05) is 30.3 Å². The zero-order chi connectivity index (χ0) is 13.8. The van der Waals surface area contributed by atoms with Crippen LogP contribution in [0.5, 0.6) is 0 Å². The molecule has 2 aromatic heterocycles. The van der Waals surface area contributed by atoms with Crippen LogP contribution >= 0.6 is 0 Å². The van der Waals surface area contributed by atoms with Crippen LogP contribution in [0.1, 0.15) is 5.69 Å². The number of oxazole rings is 1. The molecule has 3 aromatic rings. The molecule has 0 unspecified atom stereocenters. The average molecular weight is 261 g/mol. The highest BCUT2D eigenvalue weighted by Gasteiger charge is 2.12. The van der Waals surface area contributed by atoms with Crippen LogP contribution in [0.2, 0.25) is 0 Å². The fourth-order valence-corrected chi connectivity index (χ4v) is 2.08. The molecule has 0 N–H and O–H groups in total. The second-order valence-corrected chi connectivity index (χ2v) is 4.37. The van der Waals surface area contributed by atoms with Gasteiger partial charge in [-0.1, -0.05) is 36.4 Å². The molecule has 0 saturated heterocycles. The van der Waals surface area contributed by atoms with E-state index in [-0.39, 0.29) is 0 Å². The van der Waals surface area contributed by atoms with E-state index < -0.39 is 0 Å². The van der Waals surface area contributed by atoms with Crippen LogP contribution in [0.25, 0.3) is 22.5 Å². The summed E-state index contributed by atoms with van der Waals surface area (Å²) in [6.45, 7) is 3.75. The lowest BCUT2D eigenvalue weighted by atomic mass is 9.99. The molecule has 0 aliphatic heterocycles. The number of hydrogen-bond acceptors (Lipinski definition) is 3. The van der Waals surface area contributed by atoms with Crippen molar-refractivity contribution < 1.29 is 4.42 Å². The zero-order valence-corrected chi connectivity index (χ0v) is 10.9. The van der Waals surface area contributed by atoms with Crippen molar-refractivity contribution in [1.82, 2.24) is 9.97 Å². The fourth-order valence-electron chi connectivity index (χ4n) is 2.08. The Morgan fingerprint density at radius 3 is 2.80 bits per heavy atom. The maximum absolute atomic E-state index is 5.38. The number of pyridine rings is 1. The molecule has 0 spiro atoms. The molecular weight excluding hydrogens is 248 g/mol. The van der Waals surface area contributed by atoms with E-state index in [2.05, 4.69) is 34.9 Å². The molecule has 0 saturated carbocycles. The topological polar surface area (TPSA) is 38.9 Å². The summed E-state index contributed by atoms with van der Waals surface area (Å²) in [4.78, 5) is 8.29. The van der Waals surface area contributed by atoms with Gasteiger partial charge in [-0.3, -0.25) is 4.98 Å². The number of rotatable bonds is 4. The minimum Gasteiger partial charge on any atom is -0.443 e. The number of hydrogen-bond donors (Lipinski definition) is 0. The summed E-state index contributed by atoms with van der Waals surface area (Å²) >= 11 is 0. The Balaban J connectivity index is 2.17. The van der Waals surface area contributed by atoms with Crippen LogP contribution in [-0.2, 0) is 6.42 Å². The molecule has 3 nitrogen and oxygen atoms in total. The summed E-state index contributed by atoms with van der Waals surface area (Å²) in [6, 6.07) is 12.2. The normalized spacial score (nSPS) is 10.4. The first-order valence-electron chi connectivity index (χ1n) is 6.35. The van der Waals surface area contributed by atoms with Crippen LogP contribution in [0.15, 0.2) is 66.1 Å². The average Bonchev–Trinajstić information content (AvgIpc) is 3.03. The van der Waals surface area contributed by atoms with Crippen molar-refractivity contribution in [2.75, 3.05) is 0 Å². The molecule has 0 bridgehead atoms. The lowest BCUT2D eigenvalue weighted by Gasteiger charge is -2.08. The van der Waals surface area contributed by atoms with Gasteiger partial charge in [0.25, 0.3) is 0 Å². The van der Waals surface area contributed by atoms with Gasteiger partial charge in [-0.25, -0.2) is 4.98 Å². The molecule has 0 aliphatic rings. The quantitative estimate of drug-likeness (QED) is 0.668. The first kappa shape index (κ1) is 12.4. The van der Waals surface area contributed by atoms with E-state index in [0.717, 1.165) is 22.4 Å². The van der Waals surface area contributed by atoms with Gasteiger partial charge in [0, 0.05) is 12.1 Å². The van der Waals surface area contributed by atoms with Crippen LogP contribution in [0.3, 0.4) is 0 Å². The van der Waals surface area contributed by atoms with Crippen molar-refractivity contribution in [3.05, 3.63) is 73.5 Å². The first-order chi connectivity index (χ1) is 9.88. The lowest BCUT2D eigenvalue weighted by molar-refractivity contribution is 0.571.